The molecule has 1 aliphatic heterocycles. The molecule has 1 aliphatic rings. The van der Waals surface area contributed by atoms with Crippen molar-refractivity contribution in [2.24, 2.45) is 0 Å². The summed E-state index contributed by atoms with van der Waals surface area (Å²) >= 11 is 1.47. The molecular formula is C12H21N3O2S2. The van der Waals surface area contributed by atoms with Gasteiger partial charge >= 0.3 is 0 Å². The van der Waals surface area contributed by atoms with Crippen LogP contribution in [0.4, 0.5) is 0 Å². The Balaban J connectivity index is 2.07. The standard InChI is InChI=1S/C12H21N3O2S2/c1-13-9-11-12(5-8-18-11)19(16,17)14-10-3-6-15(2)7-4-10/h5,8,10,13-14H,3-4,6-7,9H2,1-2H3. The predicted molar refractivity (Wildman–Crippen MR) is 77.9 cm³/mol. The third kappa shape index (κ3) is 3.76. The first kappa shape index (κ1) is 14.9. The highest BCUT2D eigenvalue weighted by atomic mass is 32.2. The molecule has 0 aromatic carbocycles. The molecule has 0 saturated carbocycles. The molecule has 1 saturated heterocycles. The Bertz CT molecular complexity index is 505. The van der Waals surface area contributed by atoms with E-state index >= 15 is 0 Å². The topological polar surface area (TPSA) is 61.4 Å². The van der Waals surface area contributed by atoms with Crippen LogP contribution in [-0.2, 0) is 16.6 Å². The minimum absolute atomic E-state index is 0.0588. The number of hydrogen-bond acceptors (Lipinski definition) is 5. The van der Waals surface area contributed by atoms with Crippen molar-refractivity contribution >= 4 is 21.4 Å². The minimum Gasteiger partial charge on any atom is -0.315 e. The highest BCUT2D eigenvalue weighted by Gasteiger charge is 2.25. The van der Waals surface area contributed by atoms with Gasteiger partial charge in [-0.15, -0.1) is 11.3 Å². The van der Waals surface area contributed by atoms with Crippen molar-refractivity contribution in [1.29, 1.82) is 0 Å². The maximum Gasteiger partial charge on any atom is 0.241 e. The lowest BCUT2D eigenvalue weighted by Gasteiger charge is -2.29. The summed E-state index contributed by atoms with van der Waals surface area (Å²) in [7, 11) is 0.499. The molecule has 0 spiro atoms. The van der Waals surface area contributed by atoms with E-state index in [1.54, 1.807) is 6.07 Å². The summed E-state index contributed by atoms with van der Waals surface area (Å²) in [4.78, 5) is 3.51. The van der Waals surface area contributed by atoms with Gasteiger partial charge in [0.15, 0.2) is 0 Å². The molecule has 0 bridgehead atoms. The summed E-state index contributed by atoms with van der Waals surface area (Å²) in [6, 6.07) is 1.75. The molecule has 5 nitrogen and oxygen atoms in total. The number of rotatable bonds is 5. The zero-order chi connectivity index (χ0) is 13.9. The Labute approximate surface area is 119 Å². The summed E-state index contributed by atoms with van der Waals surface area (Å²) in [5, 5.41) is 4.83. The van der Waals surface area contributed by atoms with E-state index < -0.39 is 10.0 Å². The van der Waals surface area contributed by atoms with Crippen molar-refractivity contribution < 1.29 is 8.42 Å². The molecule has 108 valence electrons. The quantitative estimate of drug-likeness (QED) is 0.846. The highest BCUT2D eigenvalue weighted by molar-refractivity contribution is 7.89. The van der Waals surface area contributed by atoms with Gasteiger partial charge in [-0.05, 0) is 51.5 Å². The second kappa shape index (κ2) is 6.32. The number of thiophene rings is 1. The molecule has 2 heterocycles. The van der Waals surface area contributed by atoms with Crippen LogP contribution in [0, 0.1) is 0 Å². The third-order valence-electron chi connectivity index (χ3n) is 3.37. The Hall–Kier alpha value is -0.470. The summed E-state index contributed by atoms with van der Waals surface area (Å²) in [5.74, 6) is 0. The third-order valence-corrected chi connectivity index (χ3v) is 6.03. The number of piperidine rings is 1. The smallest absolute Gasteiger partial charge is 0.241 e. The van der Waals surface area contributed by atoms with Crippen LogP contribution >= 0.6 is 11.3 Å². The van der Waals surface area contributed by atoms with Gasteiger partial charge in [-0.3, -0.25) is 0 Å². The zero-order valence-corrected chi connectivity index (χ0v) is 13.0. The lowest BCUT2D eigenvalue weighted by Crippen LogP contribution is -2.43. The Morgan fingerprint density at radius 1 is 1.42 bits per heavy atom. The van der Waals surface area contributed by atoms with Gasteiger partial charge in [0.25, 0.3) is 0 Å². The van der Waals surface area contributed by atoms with Crippen molar-refractivity contribution in [2.75, 3.05) is 27.2 Å². The maximum atomic E-state index is 12.4. The van der Waals surface area contributed by atoms with Crippen molar-refractivity contribution in [3.63, 3.8) is 0 Å². The molecule has 1 aromatic heterocycles. The van der Waals surface area contributed by atoms with Crippen LogP contribution in [0.3, 0.4) is 0 Å². The van der Waals surface area contributed by atoms with Crippen LogP contribution < -0.4 is 10.0 Å². The Morgan fingerprint density at radius 2 is 2.11 bits per heavy atom. The maximum absolute atomic E-state index is 12.4. The zero-order valence-electron chi connectivity index (χ0n) is 11.3. The van der Waals surface area contributed by atoms with E-state index in [0.29, 0.717) is 11.4 Å². The van der Waals surface area contributed by atoms with E-state index in [1.807, 2.05) is 12.4 Å². The fourth-order valence-corrected chi connectivity index (χ4v) is 5.03. The van der Waals surface area contributed by atoms with Crippen molar-refractivity contribution in [1.82, 2.24) is 14.9 Å². The van der Waals surface area contributed by atoms with Gasteiger partial charge in [0, 0.05) is 17.5 Å². The number of likely N-dealkylation sites (tertiary alicyclic amines) is 1. The van der Waals surface area contributed by atoms with Gasteiger partial charge in [0.2, 0.25) is 10.0 Å². The van der Waals surface area contributed by atoms with Gasteiger partial charge in [-0.1, -0.05) is 0 Å². The molecule has 2 N–H and O–H groups in total. The van der Waals surface area contributed by atoms with Crippen molar-refractivity contribution in [3.05, 3.63) is 16.3 Å². The molecule has 0 amide bonds. The molecule has 2 rings (SSSR count). The Morgan fingerprint density at radius 3 is 2.74 bits per heavy atom. The SMILES string of the molecule is CNCc1sccc1S(=O)(=O)NC1CCN(C)CC1. The van der Waals surface area contributed by atoms with E-state index in [4.69, 9.17) is 0 Å². The monoisotopic (exact) mass is 303 g/mol. The molecule has 19 heavy (non-hydrogen) atoms. The van der Waals surface area contributed by atoms with Crippen LogP contribution in [0.15, 0.2) is 16.3 Å². The molecule has 1 fully saturated rings. The minimum atomic E-state index is -3.39. The second-order valence-corrected chi connectivity index (χ2v) is 7.62. The lowest BCUT2D eigenvalue weighted by atomic mass is 10.1. The number of hydrogen-bond donors (Lipinski definition) is 2. The van der Waals surface area contributed by atoms with Crippen LogP contribution in [0.25, 0.3) is 0 Å². The van der Waals surface area contributed by atoms with Crippen LogP contribution in [0.1, 0.15) is 17.7 Å². The number of nitrogens with one attached hydrogen (secondary N) is 2. The summed E-state index contributed by atoms with van der Waals surface area (Å²) in [6.07, 6.45) is 1.75. The normalized spacial score (nSPS) is 18.8. The summed E-state index contributed by atoms with van der Waals surface area (Å²) < 4.78 is 27.6. The van der Waals surface area contributed by atoms with Crippen LogP contribution in [-0.4, -0.2) is 46.5 Å². The summed E-state index contributed by atoms with van der Waals surface area (Å²) in [6.45, 7) is 2.47. The fourth-order valence-electron chi connectivity index (χ4n) is 2.27. The average molecular weight is 303 g/mol. The van der Waals surface area contributed by atoms with E-state index in [9.17, 15) is 8.42 Å². The van der Waals surface area contributed by atoms with Crippen molar-refractivity contribution in [3.8, 4) is 0 Å². The van der Waals surface area contributed by atoms with Crippen LogP contribution in [0.5, 0.6) is 0 Å². The number of sulfonamides is 1. The first-order chi connectivity index (χ1) is 9.03. The molecule has 0 aliphatic carbocycles. The van der Waals surface area contributed by atoms with E-state index in [1.165, 1.54) is 11.3 Å². The van der Waals surface area contributed by atoms with Gasteiger partial charge in [0.05, 0.1) is 4.90 Å². The van der Waals surface area contributed by atoms with Gasteiger partial charge in [-0.2, -0.15) is 0 Å². The average Bonchev–Trinajstić information content (AvgIpc) is 2.81. The van der Waals surface area contributed by atoms with E-state index in [0.717, 1.165) is 30.8 Å². The van der Waals surface area contributed by atoms with Gasteiger partial charge in [0.1, 0.15) is 0 Å². The van der Waals surface area contributed by atoms with E-state index in [2.05, 4.69) is 22.0 Å². The first-order valence-electron chi connectivity index (χ1n) is 6.45. The molecule has 1 aromatic rings. The van der Waals surface area contributed by atoms with Gasteiger partial charge < -0.3 is 10.2 Å². The molecular weight excluding hydrogens is 282 g/mol. The van der Waals surface area contributed by atoms with E-state index in [-0.39, 0.29) is 6.04 Å². The molecule has 7 heteroatoms. The van der Waals surface area contributed by atoms with Crippen molar-refractivity contribution in [2.45, 2.75) is 30.3 Å². The molecule has 0 unspecified atom stereocenters. The molecule has 0 radical (unpaired) electrons. The van der Waals surface area contributed by atoms with Crippen LogP contribution in [0.2, 0.25) is 0 Å². The first-order valence-corrected chi connectivity index (χ1v) is 8.81. The largest absolute Gasteiger partial charge is 0.315 e. The Kier molecular flexibility index (Phi) is 4.97. The number of nitrogens with zero attached hydrogens (tertiary/aromatic N) is 1. The van der Waals surface area contributed by atoms with Gasteiger partial charge in [-0.25, -0.2) is 13.1 Å². The second-order valence-electron chi connectivity index (χ2n) is 4.94. The highest BCUT2D eigenvalue weighted by Crippen LogP contribution is 2.23. The summed E-state index contributed by atoms with van der Waals surface area (Å²) in [5.41, 5.74) is 0. The fraction of sp³-hybridized carbons (Fsp3) is 0.667. The predicted octanol–water partition coefficient (Wildman–Crippen LogP) is 0.840. The lowest BCUT2D eigenvalue weighted by molar-refractivity contribution is 0.248. The molecule has 0 atom stereocenters.